The Hall–Kier alpha value is -0.920. The van der Waals surface area contributed by atoms with Gasteiger partial charge in [-0.05, 0) is 18.8 Å². The van der Waals surface area contributed by atoms with Crippen molar-refractivity contribution in [2.45, 2.75) is 32.1 Å². The summed E-state index contributed by atoms with van der Waals surface area (Å²) in [6, 6.07) is 0. The maximum absolute atomic E-state index is 11.5. The molecule has 2 aliphatic rings. The molecule has 2 atom stereocenters. The van der Waals surface area contributed by atoms with Crippen molar-refractivity contribution in [3.05, 3.63) is 12.2 Å². The third kappa shape index (κ3) is 1.87. The van der Waals surface area contributed by atoms with Crippen LogP contribution in [0.4, 0.5) is 0 Å². The van der Waals surface area contributed by atoms with Crippen molar-refractivity contribution >= 4 is 11.6 Å². The summed E-state index contributed by atoms with van der Waals surface area (Å²) in [4.78, 5) is 22.9. The van der Waals surface area contributed by atoms with Gasteiger partial charge in [0.15, 0.2) is 0 Å². The Morgan fingerprint density at radius 2 is 2.00 bits per heavy atom. The van der Waals surface area contributed by atoms with E-state index in [4.69, 9.17) is 0 Å². The van der Waals surface area contributed by atoms with Gasteiger partial charge in [0.05, 0.1) is 0 Å². The van der Waals surface area contributed by atoms with E-state index in [0.717, 1.165) is 12.8 Å². The molecule has 0 heterocycles. The third-order valence-electron chi connectivity index (χ3n) is 2.95. The van der Waals surface area contributed by atoms with Crippen LogP contribution in [0.2, 0.25) is 0 Å². The van der Waals surface area contributed by atoms with Gasteiger partial charge in [-0.15, -0.1) is 0 Å². The van der Waals surface area contributed by atoms with Crippen LogP contribution in [-0.2, 0) is 9.59 Å². The van der Waals surface area contributed by atoms with Crippen LogP contribution >= 0.6 is 0 Å². The smallest absolute Gasteiger partial charge is 0.139 e. The van der Waals surface area contributed by atoms with Crippen LogP contribution < -0.4 is 0 Å². The van der Waals surface area contributed by atoms with Crippen LogP contribution in [0, 0.1) is 11.8 Å². The fourth-order valence-electron chi connectivity index (χ4n) is 2.20. The topological polar surface area (TPSA) is 34.1 Å². The van der Waals surface area contributed by atoms with E-state index in [1.807, 2.05) is 12.2 Å². The normalized spacial score (nSPS) is 34.2. The Morgan fingerprint density at radius 3 is 2.85 bits per heavy atom. The highest BCUT2D eigenvalue weighted by molar-refractivity contribution is 5.85. The highest BCUT2D eigenvalue weighted by Gasteiger charge is 2.27. The molecule has 2 rings (SSSR count). The van der Waals surface area contributed by atoms with E-state index < -0.39 is 0 Å². The minimum Gasteiger partial charge on any atom is -0.300 e. The predicted octanol–water partition coefficient (Wildman–Crippen LogP) is 1.89. The summed E-state index contributed by atoms with van der Waals surface area (Å²) < 4.78 is 0. The molecular weight excluding hydrogens is 164 g/mol. The van der Waals surface area contributed by atoms with Gasteiger partial charge in [0, 0.05) is 25.2 Å². The average Bonchev–Trinajstić information content (AvgIpc) is 2.53. The number of hydrogen-bond donors (Lipinski definition) is 0. The summed E-state index contributed by atoms with van der Waals surface area (Å²) in [6.07, 6.45) is 7.52. The van der Waals surface area contributed by atoms with Gasteiger partial charge in [-0.1, -0.05) is 12.2 Å². The molecule has 70 valence electrons. The molecule has 1 fully saturated rings. The minimum atomic E-state index is 0.121. The van der Waals surface area contributed by atoms with Gasteiger partial charge in [0.25, 0.3) is 0 Å². The lowest BCUT2D eigenvalue weighted by molar-refractivity contribution is -0.121. The Kier molecular flexibility index (Phi) is 2.30. The molecule has 1 saturated carbocycles. The van der Waals surface area contributed by atoms with Gasteiger partial charge in [-0.2, -0.15) is 0 Å². The molecule has 0 N–H and O–H groups in total. The monoisotopic (exact) mass is 178 g/mol. The molecule has 2 heteroatoms. The number of fused-ring (bicyclic) bond motifs is 2. The lowest BCUT2D eigenvalue weighted by Gasteiger charge is -2.06. The van der Waals surface area contributed by atoms with Crippen molar-refractivity contribution in [3.63, 3.8) is 0 Å². The van der Waals surface area contributed by atoms with E-state index in [1.54, 1.807) is 0 Å². The Morgan fingerprint density at radius 1 is 1.15 bits per heavy atom. The predicted molar refractivity (Wildman–Crippen MR) is 49.2 cm³/mol. The molecule has 0 amide bonds. The first-order chi connectivity index (χ1) is 6.25. The molecule has 0 spiro atoms. The van der Waals surface area contributed by atoms with Gasteiger partial charge in [0.1, 0.15) is 11.6 Å². The van der Waals surface area contributed by atoms with Gasteiger partial charge >= 0.3 is 0 Å². The highest BCUT2D eigenvalue weighted by atomic mass is 16.1. The molecule has 0 saturated heterocycles. The maximum atomic E-state index is 11.5. The summed E-state index contributed by atoms with van der Waals surface area (Å²) in [6.45, 7) is 0. The van der Waals surface area contributed by atoms with E-state index in [9.17, 15) is 9.59 Å². The van der Waals surface area contributed by atoms with Crippen molar-refractivity contribution < 1.29 is 9.59 Å². The average molecular weight is 178 g/mol. The van der Waals surface area contributed by atoms with E-state index in [1.165, 1.54) is 0 Å². The van der Waals surface area contributed by atoms with E-state index in [0.29, 0.717) is 36.7 Å². The molecule has 0 aromatic heterocycles. The van der Waals surface area contributed by atoms with Crippen LogP contribution in [-0.4, -0.2) is 11.6 Å². The lowest BCUT2D eigenvalue weighted by Crippen LogP contribution is -2.10. The van der Waals surface area contributed by atoms with Gasteiger partial charge in [0.2, 0.25) is 0 Å². The first kappa shape index (κ1) is 8.67. The van der Waals surface area contributed by atoms with Crippen LogP contribution in [0.3, 0.4) is 0 Å². The summed E-state index contributed by atoms with van der Waals surface area (Å²) in [5.41, 5.74) is 0. The number of allylic oxidation sites excluding steroid dienone is 2. The zero-order valence-electron chi connectivity index (χ0n) is 7.66. The van der Waals surface area contributed by atoms with Crippen LogP contribution in [0.15, 0.2) is 12.2 Å². The van der Waals surface area contributed by atoms with Crippen molar-refractivity contribution in [2.24, 2.45) is 11.8 Å². The number of carbonyl (C=O) groups is 2. The van der Waals surface area contributed by atoms with Gasteiger partial charge in [-0.25, -0.2) is 0 Å². The first-order valence-electron chi connectivity index (χ1n) is 4.98. The molecule has 0 radical (unpaired) electrons. The quantitative estimate of drug-likeness (QED) is 0.531. The fourth-order valence-corrected chi connectivity index (χ4v) is 2.20. The first-order valence-corrected chi connectivity index (χ1v) is 4.98. The second-order valence-corrected chi connectivity index (χ2v) is 4.05. The number of rotatable bonds is 0. The minimum absolute atomic E-state index is 0.121. The molecule has 2 aliphatic carbocycles. The zero-order chi connectivity index (χ0) is 9.26. The van der Waals surface area contributed by atoms with E-state index in [-0.39, 0.29) is 5.92 Å². The van der Waals surface area contributed by atoms with E-state index >= 15 is 0 Å². The maximum Gasteiger partial charge on any atom is 0.139 e. The van der Waals surface area contributed by atoms with Crippen LogP contribution in [0.5, 0.6) is 0 Å². The molecule has 0 aromatic carbocycles. The Balaban J connectivity index is 2.12. The summed E-state index contributed by atoms with van der Waals surface area (Å²) in [5, 5.41) is 0. The van der Waals surface area contributed by atoms with E-state index in [2.05, 4.69) is 0 Å². The molecular formula is C11H14O2. The van der Waals surface area contributed by atoms with Crippen molar-refractivity contribution in [3.8, 4) is 0 Å². The number of Topliss-reactive ketones (excluding diaryl/α,β-unsaturated/α-hetero) is 2. The van der Waals surface area contributed by atoms with Gasteiger partial charge in [-0.3, -0.25) is 9.59 Å². The fraction of sp³-hybridized carbons (Fsp3) is 0.636. The summed E-state index contributed by atoms with van der Waals surface area (Å²) in [5.74, 6) is 1.12. The lowest BCUT2D eigenvalue weighted by atomic mass is 9.96. The summed E-state index contributed by atoms with van der Waals surface area (Å²) in [7, 11) is 0. The molecule has 2 bridgehead atoms. The van der Waals surface area contributed by atoms with Crippen LogP contribution in [0.25, 0.3) is 0 Å². The second-order valence-electron chi connectivity index (χ2n) is 4.05. The van der Waals surface area contributed by atoms with Crippen LogP contribution in [0.1, 0.15) is 32.1 Å². The molecule has 0 aliphatic heterocycles. The standard InChI is InChI=1S/C11H14O2/c12-10-2-1-3-11(13)9-5-4-8(6-9)7-10/h4-5,8-9H,1-3,6-7H2. The zero-order valence-corrected chi connectivity index (χ0v) is 7.66. The SMILES string of the molecule is O=C1CCCC(=O)C2C=CC(C1)C2. The Bertz CT molecular complexity index is 265. The van der Waals surface area contributed by atoms with Gasteiger partial charge < -0.3 is 0 Å². The third-order valence-corrected chi connectivity index (χ3v) is 2.95. The van der Waals surface area contributed by atoms with Crippen molar-refractivity contribution in [1.29, 1.82) is 0 Å². The summed E-state index contributed by atoms with van der Waals surface area (Å²) >= 11 is 0. The molecule has 0 aromatic rings. The van der Waals surface area contributed by atoms with Crippen molar-refractivity contribution in [1.82, 2.24) is 0 Å². The largest absolute Gasteiger partial charge is 0.300 e. The highest BCUT2D eigenvalue weighted by Crippen LogP contribution is 2.30. The Labute approximate surface area is 78.0 Å². The molecule has 13 heavy (non-hydrogen) atoms. The second kappa shape index (κ2) is 3.44. The molecule has 2 nitrogen and oxygen atoms in total. The molecule has 2 unspecified atom stereocenters. The number of ketones is 2. The number of hydrogen-bond acceptors (Lipinski definition) is 2. The number of carbonyl (C=O) groups excluding carboxylic acids is 2. The van der Waals surface area contributed by atoms with Crippen molar-refractivity contribution in [2.75, 3.05) is 0 Å².